The van der Waals surface area contributed by atoms with Gasteiger partial charge in [0.1, 0.15) is 0 Å². The van der Waals surface area contributed by atoms with E-state index < -0.39 is 0 Å². The number of nitrogens with two attached hydrogens (primary N) is 1. The van der Waals surface area contributed by atoms with E-state index in [9.17, 15) is 0 Å². The van der Waals surface area contributed by atoms with Crippen LogP contribution in [0.5, 0.6) is 0 Å². The van der Waals surface area contributed by atoms with Gasteiger partial charge in [0.15, 0.2) is 0 Å². The molecule has 5 aliphatic rings. The highest BCUT2D eigenvalue weighted by Gasteiger charge is 2.54. The van der Waals surface area contributed by atoms with Crippen molar-refractivity contribution < 1.29 is 4.74 Å². The molecule has 0 radical (unpaired) electrons. The Labute approximate surface area is 116 Å². The molecule has 3 heteroatoms. The molecule has 5 rings (SSSR count). The molecule has 0 aromatic rings. The van der Waals surface area contributed by atoms with Crippen molar-refractivity contribution in [1.82, 2.24) is 4.90 Å². The first kappa shape index (κ1) is 12.6. The van der Waals surface area contributed by atoms with Crippen LogP contribution in [0.3, 0.4) is 0 Å². The van der Waals surface area contributed by atoms with E-state index in [1.165, 1.54) is 44.9 Å². The summed E-state index contributed by atoms with van der Waals surface area (Å²) in [5.41, 5.74) is 6.44. The Bertz CT molecular complexity index is 302. The van der Waals surface area contributed by atoms with Crippen molar-refractivity contribution in [3.05, 3.63) is 0 Å². The molecule has 1 aliphatic heterocycles. The van der Waals surface area contributed by atoms with E-state index in [1.54, 1.807) is 0 Å². The maximum atomic E-state index is 5.93. The molecule has 1 unspecified atom stereocenters. The topological polar surface area (TPSA) is 38.5 Å². The third-order valence-corrected chi connectivity index (χ3v) is 6.33. The molecule has 0 aromatic heterocycles. The first-order valence-electron chi connectivity index (χ1n) is 8.34. The SMILES string of the molecule is NCCN(C1CCOC1)C12CC3CC(CC(C3)C1)C2. The average molecular weight is 264 g/mol. The van der Waals surface area contributed by atoms with E-state index >= 15 is 0 Å². The second kappa shape index (κ2) is 4.71. The van der Waals surface area contributed by atoms with Gasteiger partial charge in [-0.25, -0.2) is 0 Å². The van der Waals surface area contributed by atoms with Crippen molar-refractivity contribution in [1.29, 1.82) is 0 Å². The smallest absolute Gasteiger partial charge is 0.0622 e. The fourth-order valence-corrected chi connectivity index (χ4v) is 6.13. The second-order valence-corrected chi connectivity index (χ2v) is 7.64. The zero-order chi connectivity index (χ0) is 12.9. The van der Waals surface area contributed by atoms with Gasteiger partial charge in [0.25, 0.3) is 0 Å². The van der Waals surface area contributed by atoms with E-state index in [-0.39, 0.29) is 0 Å². The van der Waals surface area contributed by atoms with Crippen LogP contribution in [-0.4, -0.2) is 42.8 Å². The third-order valence-electron chi connectivity index (χ3n) is 6.33. The molecule has 4 bridgehead atoms. The lowest BCUT2D eigenvalue weighted by molar-refractivity contribution is -0.104. The lowest BCUT2D eigenvalue weighted by atomic mass is 9.52. The first-order chi connectivity index (χ1) is 9.29. The number of hydrogen-bond donors (Lipinski definition) is 1. The summed E-state index contributed by atoms with van der Waals surface area (Å²) < 4.78 is 5.67. The molecule has 5 fully saturated rings. The molecule has 0 amide bonds. The van der Waals surface area contributed by atoms with Gasteiger partial charge in [0.05, 0.1) is 6.61 Å². The molecule has 2 N–H and O–H groups in total. The summed E-state index contributed by atoms with van der Waals surface area (Å²) in [4.78, 5) is 2.81. The Kier molecular flexibility index (Phi) is 3.13. The van der Waals surface area contributed by atoms with E-state index in [0.717, 1.165) is 44.1 Å². The second-order valence-electron chi connectivity index (χ2n) is 7.64. The molecule has 1 atom stereocenters. The van der Waals surface area contributed by atoms with E-state index in [2.05, 4.69) is 4.90 Å². The Morgan fingerprint density at radius 2 is 1.68 bits per heavy atom. The predicted octanol–water partition coefficient (Wildman–Crippen LogP) is 2.00. The Balaban J connectivity index is 1.60. The van der Waals surface area contributed by atoms with Crippen LogP contribution in [0.2, 0.25) is 0 Å². The molecule has 0 aromatic carbocycles. The maximum Gasteiger partial charge on any atom is 0.0622 e. The van der Waals surface area contributed by atoms with Gasteiger partial charge in [-0.3, -0.25) is 4.90 Å². The van der Waals surface area contributed by atoms with Gasteiger partial charge in [-0.1, -0.05) is 0 Å². The van der Waals surface area contributed by atoms with Gasteiger partial charge in [0, 0.05) is 31.3 Å². The summed E-state index contributed by atoms with van der Waals surface area (Å²) in [5, 5.41) is 0. The van der Waals surface area contributed by atoms with Crippen molar-refractivity contribution in [2.75, 3.05) is 26.3 Å². The summed E-state index contributed by atoms with van der Waals surface area (Å²) in [6.45, 7) is 3.79. The van der Waals surface area contributed by atoms with E-state index in [4.69, 9.17) is 10.5 Å². The number of nitrogens with zero attached hydrogens (tertiary/aromatic N) is 1. The minimum atomic E-state index is 0.506. The molecular formula is C16H28N2O. The zero-order valence-electron chi connectivity index (χ0n) is 12.0. The largest absolute Gasteiger partial charge is 0.380 e. The van der Waals surface area contributed by atoms with Crippen molar-refractivity contribution >= 4 is 0 Å². The van der Waals surface area contributed by atoms with Crippen LogP contribution in [-0.2, 0) is 4.74 Å². The van der Waals surface area contributed by atoms with Gasteiger partial charge in [-0.15, -0.1) is 0 Å². The molecule has 3 nitrogen and oxygen atoms in total. The summed E-state index contributed by atoms with van der Waals surface area (Å²) in [5.74, 6) is 3.07. The lowest BCUT2D eigenvalue weighted by Crippen LogP contribution is -2.63. The number of rotatable bonds is 4. The normalized spacial score (nSPS) is 48.3. The Morgan fingerprint density at radius 1 is 1.05 bits per heavy atom. The fourth-order valence-electron chi connectivity index (χ4n) is 6.13. The van der Waals surface area contributed by atoms with Crippen LogP contribution in [0.25, 0.3) is 0 Å². The highest BCUT2D eigenvalue weighted by molar-refractivity contribution is 5.08. The highest BCUT2D eigenvalue weighted by Crippen LogP contribution is 2.58. The van der Waals surface area contributed by atoms with Crippen molar-refractivity contribution in [2.24, 2.45) is 23.5 Å². The van der Waals surface area contributed by atoms with Gasteiger partial charge in [0.2, 0.25) is 0 Å². The maximum absolute atomic E-state index is 5.93. The van der Waals surface area contributed by atoms with Crippen LogP contribution in [0.15, 0.2) is 0 Å². The van der Waals surface area contributed by atoms with E-state index in [0.29, 0.717) is 11.6 Å². The molecule has 1 heterocycles. The molecule has 1 saturated heterocycles. The molecular weight excluding hydrogens is 236 g/mol. The van der Waals surface area contributed by atoms with Crippen molar-refractivity contribution in [3.63, 3.8) is 0 Å². The zero-order valence-corrected chi connectivity index (χ0v) is 12.0. The predicted molar refractivity (Wildman–Crippen MR) is 75.9 cm³/mol. The lowest BCUT2D eigenvalue weighted by Gasteiger charge is -2.61. The summed E-state index contributed by atoms with van der Waals surface area (Å²) >= 11 is 0. The van der Waals surface area contributed by atoms with Crippen LogP contribution >= 0.6 is 0 Å². The van der Waals surface area contributed by atoms with Crippen LogP contribution in [0.4, 0.5) is 0 Å². The minimum Gasteiger partial charge on any atom is -0.380 e. The first-order valence-corrected chi connectivity index (χ1v) is 8.34. The number of ether oxygens (including phenoxy) is 1. The van der Waals surface area contributed by atoms with Crippen molar-refractivity contribution in [2.45, 2.75) is 56.5 Å². The third kappa shape index (κ3) is 2.05. The van der Waals surface area contributed by atoms with Gasteiger partial charge in [-0.2, -0.15) is 0 Å². The van der Waals surface area contributed by atoms with Crippen LogP contribution in [0.1, 0.15) is 44.9 Å². The molecule has 0 spiro atoms. The summed E-state index contributed by atoms with van der Waals surface area (Å²) in [7, 11) is 0. The minimum absolute atomic E-state index is 0.506. The van der Waals surface area contributed by atoms with Gasteiger partial charge in [-0.05, 0) is 62.7 Å². The molecule has 4 aliphatic carbocycles. The molecule has 108 valence electrons. The average Bonchev–Trinajstić information content (AvgIpc) is 2.87. The van der Waals surface area contributed by atoms with Gasteiger partial charge < -0.3 is 10.5 Å². The van der Waals surface area contributed by atoms with Crippen molar-refractivity contribution in [3.8, 4) is 0 Å². The van der Waals surface area contributed by atoms with E-state index in [1.807, 2.05) is 0 Å². The highest BCUT2D eigenvalue weighted by atomic mass is 16.5. The Morgan fingerprint density at radius 3 is 2.16 bits per heavy atom. The fraction of sp³-hybridized carbons (Fsp3) is 1.00. The number of hydrogen-bond acceptors (Lipinski definition) is 3. The summed E-state index contributed by atoms with van der Waals surface area (Å²) in [6, 6.07) is 0.653. The summed E-state index contributed by atoms with van der Waals surface area (Å²) in [6.07, 6.45) is 10.2. The molecule has 19 heavy (non-hydrogen) atoms. The quantitative estimate of drug-likeness (QED) is 0.844. The molecule has 4 saturated carbocycles. The van der Waals surface area contributed by atoms with Crippen LogP contribution in [0, 0.1) is 17.8 Å². The van der Waals surface area contributed by atoms with Gasteiger partial charge >= 0.3 is 0 Å². The Hall–Kier alpha value is -0.120. The standard InChI is InChI=1S/C16H28N2O/c17-2-3-18(15-1-4-19-11-15)16-8-12-5-13(9-16)7-14(6-12)10-16/h12-15H,1-11,17H2. The monoisotopic (exact) mass is 264 g/mol. The van der Waals surface area contributed by atoms with Crippen LogP contribution < -0.4 is 5.73 Å².